The molecule has 0 radical (unpaired) electrons. The van der Waals surface area contributed by atoms with Crippen LogP contribution in [0.25, 0.3) is 0 Å². The Hall–Kier alpha value is -0.560. The van der Waals surface area contributed by atoms with Gasteiger partial charge in [-0.15, -0.1) is 0 Å². The van der Waals surface area contributed by atoms with Gasteiger partial charge in [0.2, 0.25) is 5.91 Å². The van der Waals surface area contributed by atoms with Crippen molar-refractivity contribution in [3.8, 4) is 0 Å². The third kappa shape index (κ3) is 6.75. The van der Waals surface area contributed by atoms with Gasteiger partial charge in [0.05, 0.1) is 12.2 Å². The Morgan fingerprint density at radius 3 is 2.08 bits per heavy atom. The van der Waals surface area contributed by atoms with Crippen LogP contribution in [0.1, 0.15) is 26.3 Å². The van der Waals surface area contributed by atoms with Gasteiger partial charge in [0.1, 0.15) is 0 Å². The minimum atomic E-state index is -1.99. The van der Waals surface area contributed by atoms with Crippen LogP contribution in [0.3, 0.4) is 0 Å². The van der Waals surface area contributed by atoms with E-state index in [0.717, 1.165) is 6.42 Å². The Kier molecular flexibility index (Phi) is 7.78. The molecule has 1 fully saturated rings. The van der Waals surface area contributed by atoms with Crippen molar-refractivity contribution in [3.05, 3.63) is 35.9 Å². The second-order valence-corrected chi connectivity index (χ2v) is 8.84. The smallest absolute Gasteiger partial charge is 0.325 e. The van der Waals surface area contributed by atoms with Crippen LogP contribution < -0.4 is 5.32 Å². The van der Waals surface area contributed by atoms with Gasteiger partial charge >= 0.3 is 3.98 Å². The second-order valence-electron chi connectivity index (χ2n) is 6.66. The first kappa shape index (κ1) is 21.5. The predicted molar refractivity (Wildman–Crippen MR) is 97.1 cm³/mol. The molecule has 24 heavy (non-hydrogen) atoms. The quantitative estimate of drug-likeness (QED) is 0.452. The lowest BCUT2D eigenvalue weighted by molar-refractivity contribution is -0.249. The molecule has 1 aliphatic rings. The molecule has 1 saturated heterocycles. The maximum absolute atomic E-state index is 12.2. The van der Waals surface area contributed by atoms with E-state index >= 15 is 0 Å². The van der Waals surface area contributed by atoms with Crippen LogP contribution in [0, 0.1) is 5.41 Å². The number of amides is 1. The van der Waals surface area contributed by atoms with E-state index in [-0.39, 0.29) is 23.5 Å². The Bertz CT molecular complexity index is 530. The van der Waals surface area contributed by atoms with E-state index < -0.39 is 3.98 Å². The molecule has 5 nitrogen and oxygen atoms in total. The summed E-state index contributed by atoms with van der Waals surface area (Å²) in [6.07, 6.45) is 0.870. The Morgan fingerprint density at radius 2 is 1.71 bits per heavy atom. The van der Waals surface area contributed by atoms with Gasteiger partial charge in [-0.1, -0.05) is 85.9 Å². The number of nitrogens with zero attached hydrogens (tertiary/aromatic N) is 1. The van der Waals surface area contributed by atoms with E-state index in [4.69, 9.17) is 40.1 Å². The lowest BCUT2D eigenvalue weighted by Crippen LogP contribution is -2.45. The summed E-state index contributed by atoms with van der Waals surface area (Å²) in [5, 5.41) is 11.0. The predicted octanol–water partition coefficient (Wildman–Crippen LogP) is 3.84. The highest BCUT2D eigenvalue weighted by Crippen LogP contribution is 2.27. The standard InChI is InChI=1S/C15H22N2O.CHCl3O2/c1-15(2,3)14-16-12(13(18)17(14)4)10-11-8-6-5-7-9-11;2-1(3,4)6-5/h5-9,12,14,16H,10H2,1-4H3;5H/t12-,14-;/m0./s1. The molecule has 0 unspecified atom stereocenters. The maximum atomic E-state index is 12.2. The van der Waals surface area contributed by atoms with Crippen molar-refractivity contribution < 1.29 is 14.9 Å². The average molecular weight is 398 g/mol. The molecule has 1 heterocycles. The Balaban J connectivity index is 0.000000413. The summed E-state index contributed by atoms with van der Waals surface area (Å²) in [6, 6.07) is 10.1. The van der Waals surface area contributed by atoms with Gasteiger partial charge in [-0.05, 0) is 17.4 Å². The molecule has 0 spiro atoms. The molecular weight excluding hydrogens is 375 g/mol. The first-order chi connectivity index (χ1) is 11.0. The van der Waals surface area contributed by atoms with E-state index in [1.165, 1.54) is 5.56 Å². The van der Waals surface area contributed by atoms with E-state index in [0.29, 0.717) is 0 Å². The largest absolute Gasteiger partial charge is 0.328 e. The summed E-state index contributed by atoms with van der Waals surface area (Å²) in [4.78, 5) is 17.3. The molecule has 1 amide bonds. The lowest BCUT2D eigenvalue weighted by Gasteiger charge is -2.32. The van der Waals surface area contributed by atoms with Crippen LogP contribution in [0.15, 0.2) is 30.3 Å². The highest BCUT2D eigenvalue weighted by molar-refractivity contribution is 6.66. The zero-order chi connectivity index (χ0) is 18.5. The van der Waals surface area contributed by atoms with Crippen LogP contribution in [0.5, 0.6) is 0 Å². The lowest BCUT2D eigenvalue weighted by atomic mass is 9.92. The highest BCUT2D eigenvalue weighted by atomic mass is 35.6. The van der Waals surface area contributed by atoms with Crippen LogP contribution in [-0.4, -0.2) is 39.3 Å². The molecule has 2 rings (SSSR count). The molecule has 2 atom stereocenters. The summed E-state index contributed by atoms with van der Waals surface area (Å²) in [6.45, 7) is 6.46. The van der Waals surface area contributed by atoms with Gasteiger partial charge in [-0.25, -0.2) is 5.26 Å². The van der Waals surface area contributed by atoms with E-state index in [1.54, 1.807) is 0 Å². The summed E-state index contributed by atoms with van der Waals surface area (Å²) >= 11 is 14.3. The number of carbonyl (C=O) groups is 1. The second kappa shape index (κ2) is 8.70. The number of alkyl halides is 3. The normalized spacial score (nSPS) is 21.5. The van der Waals surface area contributed by atoms with E-state index in [9.17, 15) is 4.79 Å². The fourth-order valence-electron chi connectivity index (χ4n) is 2.57. The van der Waals surface area contributed by atoms with Crippen molar-refractivity contribution in [2.45, 2.75) is 43.4 Å². The third-order valence-electron chi connectivity index (χ3n) is 3.60. The van der Waals surface area contributed by atoms with Crippen molar-refractivity contribution in [2.24, 2.45) is 5.41 Å². The van der Waals surface area contributed by atoms with Crippen LogP contribution in [0.4, 0.5) is 0 Å². The van der Waals surface area contributed by atoms with Gasteiger partial charge < -0.3 is 4.90 Å². The minimum Gasteiger partial charge on any atom is -0.328 e. The van der Waals surface area contributed by atoms with Gasteiger partial charge in [0, 0.05) is 7.05 Å². The number of rotatable bonds is 2. The van der Waals surface area contributed by atoms with Gasteiger partial charge in [0.15, 0.2) is 0 Å². The number of likely N-dealkylation sites (N-methyl/N-ethyl adjacent to an activating group) is 1. The zero-order valence-electron chi connectivity index (χ0n) is 14.1. The number of hydrogen-bond donors (Lipinski definition) is 2. The highest BCUT2D eigenvalue weighted by Gasteiger charge is 2.41. The van der Waals surface area contributed by atoms with Crippen molar-refractivity contribution in [2.75, 3.05) is 7.05 Å². The third-order valence-corrected chi connectivity index (χ3v) is 3.81. The number of benzene rings is 1. The molecule has 0 aliphatic carbocycles. The molecule has 1 aromatic rings. The fraction of sp³-hybridized carbons (Fsp3) is 0.562. The van der Waals surface area contributed by atoms with Crippen molar-refractivity contribution in [1.82, 2.24) is 10.2 Å². The fourth-order valence-corrected chi connectivity index (χ4v) is 2.57. The zero-order valence-corrected chi connectivity index (χ0v) is 16.4. The molecule has 1 aliphatic heterocycles. The molecule has 0 saturated carbocycles. The molecule has 2 N–H and O–H groups in total. The first-order valence-corrected chi connectivity index (χ1v) is 8.55. The first-order valence-electron chi connectivity index (χ1n) is 7.41. The number of hydrogen-bond acceptors (Lipinski definition) is 4. The van der Waals surface area contributed by atoms with Gasteiger partial charge in [0.25, 0.3) is 0 Å². The Labute approximate surface area is 157 Å². The summed E-state index contributed by atoms with van der Waals surface area (Å²) in [5.41, 5.74) is 1.25. The summed E-state index contributed by atoms with van der Waals surface area (Å²) in [5.74, 6) is 0.193. The monoisotopic (exact) mass is 396 g/mol. The van der Waals surface area contributed by atoms with Crippen molar-refractivity contribution >= 4 is 40.7 Å². The number of halogens is 3. The molecule has 136 valence electrons. The maximum Gasteiger partial charge on any atom is 0.325 e. The molecular formula is C16H23Cl3N2O3. The molecule has 0 bridgehead atoms. The Morgan fingerprint density at radius 1 is 1.21 bits per heavy atom. The van der Waals surface area contributed by atoms with Crippen molar-refractivity contribution in [3.63, 3.8) is 0 Å². The minimum absolute atomic E-state index is 0.0514. The van der Waals surface area contributed by atoms with Gasteiger partial charge in [-0.2, -0.15) is 4.89 Å². The average Bonchev–Trinajstić information content (AvgIpc) is 2.77. The molecule has 1 aromatic carbocycles. The van der Waals surface area contributed by atoms with Crippen LogP contribution in [0.2, 0.25) is 0 Å². The van der Waals surface area contributed by atoms with E-state index in [2.05, 4.69) is 43.1 Å². The molecule has 8 heteroatoms. The summed E-state index contributed by atoms with van der Waals surface area (Å²) in [7, 11) is 1.89. The van der Waals surface area contributed by atoms with Crippen LogP contribution >= 0.6 is 34.8 Å². The van der Waals surface area contributed by atoms with E-state index in [1.807, 2.05) is 30.1 Å². The summed E-state index contributed by atoms with van der Waals surface area (Å²) < 4.78 is -1.99. The topological polar surface area (TPSA) is 61.8 Å². The molecule has 0 aromatic heterocycles. The van der Waals surface area contributed by atoms with Gasteiger partial charge in [-0.3, -0.25) is 10.1 Å². The van der Waals surface area contributed by atoms with Crippen LogP contribution in [-0.2, 0) is 16.1 Å². The number of carbonyl (C=O) groups excluding carboxylic acids is 1. The SMILES string of the molecule is CN1C(=O)[C@H](Cc2ccccc2)N[C@@H]1C(C)(C)C.OOC(Cl)(Cl)Cl. The number of nitrogens with one attached hydrogen (secondary N) is 1. The van der Waals surface area contributed by atoms with Crippen molar-refractivity contribution in [1.29, 1.82) is 0 Å².